The molecule has 0 spiro atoms. The Bertz CT molecular complexity index is 200. The molecule has 0 saturated carbocycles. The zero-order valence-electron chi connectivity index (χ0n) is 9.72. The van der Waals surface area contributed by atoms with Gasteiger partial charge in [-0.25, -0.2) is 4.79 Å². The zero-order chi connectivity index (χ0) is 11.5. The molecule has 2 nitrogen and oxygen atoms in total. The predicted molar refractivity (Wildman–Crippen MR) is 67.3 cm³/mol. The van der Waals surface area contributed by atoms with Gasteiger partial charge in [0.15, 0.2) is 0 Å². The molecule has 0 aromatic rings. The van der Waals surface area contributed by atoms with Crippen molar-refractivity contribution in [2.75, 3.05) is 12.4 Å². The fraction of sp³-hybridized carbons (Fsp3) is 0.750. The molecule has 0 saturated heterocycles. The van der Waals surface area contributed by atoms with Crippen molar-refractivity contribution in [2.45, 2.75) is 45.4 Å². The van der Waals surface area contributed by atoms with Crippen LogP contribution in [0.15, 0.2) is 11.6 Å². The van der Waals surface area contributed by atoms with Crippen LogP contribution in [0.1, 0.15) is 45.4 Å². The van der Waals surface area contributed by atoms with Gasteiger partial charge in [0.2, 0.25) is 0 Å². The number of hydrogen-bond donors (Lipinski definition) is 0. The minimum atomic E-state index is -0.222. The molecule has 88 valence electrons. The molecular formula is C12H21BrO2. The largest absolute Gasteiger partial charge is 0.466 e. The highest BCUT2D eigenvalue weighted by Gasteiger charge is 2.06. The maximum Gasteiger partial charge on any atom is 0.334 e. The van der Waals surface area contributed by atoms with Gasteiger partial charge in [-0.05, 0) is 12.8 Å². The fourth-order valence-electron chi connectivity index (χ4n) is 1.35. The van der Waals surface area contributed by atoms with Crippen molar-refractivity contribution in [1.82, 2.24) is 0 Å². The Morgan fingerprint density at radius 1 is 1.27 bits per heavy atom. The van der Waals surface area contributed by atoms with Gasteiger partial charge in [-0.1, -0.05) is 54.6 Å². The van der Waals surface area contributed by atoms with Gasteiger partial charge in [-0.15, -0.1) is 0 Å². The lowest BCUT2D eigenvalue weighted by atomic mass is 10.1. The van der Waals surface area contributed by atoms with Gasteiger partial charge in [-0.2, -0.15) is 0 Å². The monoisotopic (exact) mass is 276 g/mol. The maximum absolute atomic E-state index is 11.2. The highest BCUT2D eigenvalue weighted by molar-refractivity contribution is 9.09. The van der Waals surface area contributed by atoms with E-state index in [4.69, 9.17) is 0 Å². The number of carbonyl (C=O) groups excluding carboxylic acids is 1. The number of rotatable bonds is 8. The van der Waals surface area contributed by atoms with Crippen LogP contribution in [-0.4, -0.2) is 18.4 Å². The van der Waals surface area contributed by atoms with Crippen molar-refractivity contribution >= 4 is 21.9 Å². The Morgan fingerprint density at radius 3 is 2.47 bits per heavy atom. The number of unbranched alkanes of at least 4 members (excludes halogenated alkanes) is 5. The van der Waals surface area contributed by atoms with Gasteiger partial charge in [0.05, 0.1) is 7.11 Å². The van der Waals surface area contributed by atoms with Crippen LogP contribution in [0.3, 0.4) is 0 Å². The van der Waals surface area contributed by atoms with E-state index in [1.165, 1.54) is 32.8 Å². The van der Waals surface area contributed by atoms with Crippen molar-refractivity contribution in [3.05, 3.63) is 11.6 Å². The average Bonchev–Trinajstić information content (AvgIpc) is 2.27. The third-order valence-corrected chi connectivity index (χ3v) is 2.89. The van der Waals surface area contributed by atoms with Gasteiger partial charge in [0.25, 0.3) is 0 Å². The van der Waals surface area contributed by atoms with E-state index in [-0.39, 0.29) is 5.97 Å². The van der Waals surface area contributed by atoms with Crippen LogP contribution in [0.5, 0.6) is 0 Å². The summed E-state index contributed by atoms with van der Waals surface area (Å²) in [6.45, 7) is 2.21. The molecule has 0 aromatic heterocycles. The summed E-state index contributed by atoms with van der Waals surface area (Å²) in [4.78, 5) is 11.2. The molecule has 0 heterocycles. The standard InChI is InChI=1S/C12H21BrO2/c1-3-4-5-6-7-8-9-11(10-13)12(14)15-2/h9H,3-8,10H2,1-2H3/b11-9+. The molecule has 15 heavy (non-hydrogen) atoms. The van der Waals surface area contributed by atoms with E-state index < -0.39 is 0 Å². The number of methoxy groups -OCH3 is 1. The lowest BCUT2D eigenvalue weighted by Gasteiger charge is -2.01. The Labute approximate surface area is 101 Å². The first-order valence-electron chi connectivity index (χ1n) is 5.59. The number of esters is 1. The minimum absolute atomic E-state index is 0.222. The topological polar surface area (TPSA) is 26.3 Å². The summed E-state index contributed by atoms with van der Waals surface area (Å²) in [7, 11) is 1.42. The number of halogens is 1. The summed E-state index contributed by atoms with van der Waals surface area (Å²) in [6.07, 6.45) is 9.24. The highest BCUT2D eigenvalue weighted by atomic mass is 79.9. The van der Waals surface area contributed by atoms with Crippen molar-refractivity contribution < 1.29 is 9.53 Å². The lowest BCUT2D eigenvalue weighted by Crippen LogP contribution is -2.05. The summed E-state index contributed by atoms with van der Waals surface area (Å²) in [5, 5.41) is 0.578. The summed E-state index contributed by atoms with van der Waals surface area (Å²) < 4.78 is 4.66. The molecule has 0 atom stereocenters. The van der Waals surface area contributed by atoms with Crippen LogP contribution in [0, 0.1) is 0 Å². The van der Waals surface area contributed by atoms with Crippen molar-refractivity contribution in [3.63, 3.8) is 0 Å². The molecule has 0 amide bonds. The smallest absolute Gasteiger partial charge is 0.334 e. The lowest BCUT2D eigenvalue weighted by molar-refractivity contribution is -0.135. The van der Waals surface area contributed by atoms with Crippen molar-refractivity contribution in [1.29, 1.82) is 0 Å². The van der Waals surface area contributed by atoms with Crippen LogP contribution in [0.4, 0.5) is 0 Å². The Morgan fingerprint density at radius 2 is 1.93 bits per heavy atom. The Kier molecular flexibility index (Phi) is 10.0. The van der Waals surface area contributed by atoms with E-state index >= 15 is 0 Å². The molecule has 0 unspecified atom stereocenters. The molecule has 0 aromatic carbocycles. The van der Waals surface area contributed by atoms with Gasteiger partial charge in [0.1, 0.15) is 0 Å². The summed E-state index contributed by atoms with van der Waals surface area (Å²) in [5.74, 6) is -0.222. The molecule has 0 bridgehead atoms. The third kappa shape index (κ3) is 7.60. The second-order valence-electron chi connectivity index (χ2n) is 3.56. The number of carbonyl (C=O) groups is 1. The van der Waals surface area contributed by atoms with E-state index in [0.717, 1.165) is 18.4 Å². The molecule has 0 aliphatic heterocycles. The molecule has 0 rings (SSSR count). The van der Waals surface area contributed by atoms with E-state index in [2.05, 4.69) is 27.6 Å². The van der Waals surface area contributed by atoms with Crippen LogP contribution >= 0.6 is 15.9 Å². The first kappa shape index (κ1) is 14.7. The predicted octanol–water partition coefficient (Wildman–Crippen LogP) is 3.84. The molecule has 3 heteroatoms. The Hall–Kier alpha value is -0.310. The molecule has 0 radical (unpaired) electrons. The normalized spacial score (nSPS) is 11.5. The number of allylic oxidation sites excluding steroid dienone is 1. The third-order valence-electron chi connectivity index (χ3n) is 2.29. The second kappa shape index (κ2) is 10.2. The molecule has 0 N–H and O–H groups in total. The van der Waals surface area contributed by atoms with Crippen LogP contribution in [-0.2, 0) is 9.53 Å². The first-order chi connectivity index (χ1) is 7.26. The zero-order valence-corrected chi connectivity index (χ0v) is 11.3. The molecule has 0 fully saturated rings. The summed E-state index contributed by atoms with van der Waals surface area (Å²) in [6, 6.07) is 0. The van der Waals surface area contributed by atoms with E-state index in [1.807, 2.05) is 6.08 Å². The Balaban J connectivity index is 3.67. The van der Waals surface area contributed by atoms with Crippen molar-refractivity contribution in [3.8, 4) is 0 Å². The van der Waals surface area contributed by atoms with Crippen LogP contribution in [0.25, 0.3) is 0 Å². The highest BCUT2D eigenvalue weighted by Crippen LogP contribution is 2.09. The molecule has 0 aliphatic carbocycles. The van der Waals surface area contributed by atoms with Crippen LogP contribution in [0.2, 0.25) is 0 Å². The number of hydrogen-bond acceptors (Lipinski definition) is 2. The quantitative estimate of drug-likeness (QED) is 0.291. The van der Waals surface area contributed by atoms with Crippen LogP contribution < -0.4 is 0 Å². The first-order valence-corrected chi connectivity index (χ1v) is 6.71. The number of alkyl halides is 1. The molecular weight excluding hydrogens is 256 g/mol. The second-order valence-corrected chi connectivity index (χ2v) is 4.12. The number of ether oxygens (including phenoxy) is 1. The minimum Gasteiger partial charge on any atom is -0.466 e. The van der Waals surface area contributed by atoms with E-state index in [0.29, 0.717) is 5.33 Å². The van der Waals surface area contributed by atoms with Gasteiger partial charge < -0.3 is 4.74 Å². The van der Waals surface area contributed by atoms with Crippen molar-refractivity contribution in [2.24, 2.45) is 0 Å². The SMILES string of the molecule is CCCCCCC/C=C(\CBr)C(=O)OC. The fourth-order valence-corrected chi connectivity index (χ4v) is 1.81. The van der Waals surface area contributed by atoms with E-state index in [9.17, 15) is 4.79 Å². The van der Waals surface area contributed by atoms with E-state index in [1.54, 1.807) is 0 Å². The van der Waals surface area contributed by atoms with Gasteiger partial charge in [0, 0.05) is 10.9 Å². The average molecular weight is 277 g/mol. The summed E-state index contributed by atoms with van der Waals surface area (Å²) in [5.41, 5.74) is 0.730. The maximum atomic E-state index is 11.2. The molecule has 0 aliphatic rings. The van der Waals surface area contributed by atoms with Gasteiger partial charge in [-0.3, -0.25) is 0 Å². The van der Waals surface area contributed by atoms with Gasteiger partial charge >= 0.3 is 5.97 Å². The summed E-state index contributed by atoms with van der Waals surface area (Å²) >= 11 is 3.28.